The number of hydrogen-bond donors (Lipinski definition) is 2. The first-order valence-electron chi connectivity index (χ1n) is 6.97. The number of carbonyl (C=O) groups is 1. The van der Waals surface area contributed by atoms with Gasteiger partial charge in [0.2, 0.25) is 0 Å². The first-order chi connectivity index (χ1) is 11.0. The van der Waals surface area contributed by atoms with E-state index in [1.54, 1.807) is 18.2 Å². The Bertz CT molecular complexity index is 724. The molecule has 2 N–H and O–H groups in total. The molecule has 0 unspecified atom stereocenters. The molecule has 120 valence electrons. The highest BCUT2D eigenvalue weighted by Crippen LogP contribution is 2.22. The van der Waals surface area contributed by atoms with Crippen molar-refractivity contribution in [3.63, 3.8) is 0 Å². The topological polar surface area (TPSA) is 70.9 Å². The summed E-state index contributed by atoms with van der Waals surface area (Å²) in [5.74, 6) is 0.450. The third-order valence-electron chi connectivity index (χ3n) is 3.14. The third kappa shape index (κ3) is 4.95. The minimum atomic E-state index is -0.367. The van der Waals surface area contributed by atoms with E-state index in [0.717, 1.165) is 14.7 Å². The van der Waals surface area contributed by atoms with Gasteiger partial charge in [-0.15, -0.1) is 0 Å². The van der Waals surface area contributed by atoms with Crippen molar-refractivity contribution < 1.29 is 14.6 Å². The quantitative estimate of drug-likeness (QED) is 0.440. The van der Waals surface area contributed by atoms with Crippen molar-refractivity contribution in [3.8, 4) is 11.5 Å². The van der Waals surface area contributed by atoms with Gasteiger partial charge in [-0.3, -0.25) is 4.79 Å². The van der Waals surface area contributed by atoms with Gasteiger partial charge in [-0.1, -0.05) is 18.2 Å². The number of hydrazone groups is 1. The first-order valence-corrected chi connectivity index (χ1v) is 8.04. The molecule has 0 aliphatic carbocycles. The van der Waals surface area contributed by atoms with Crippen LogP contribution in [0.1, 0.15) is 16.7 Å². The molecule has 2 aromatic rings. The fourth-order valence-electron chi connectivity index (χ4n) is 2.00. The molecule has 0 radical (unpaired) electrons. The standard InChI is InChI=1S/C17H17IN2O3/c1-11-4-3-5-12(2)17(11)23-10-16(22)20-19-9-13-8-14(18)6-7-15(13)21/h3-9,21H,10H2,1-2H3,(H,20,22)/b19-9+. The van der Waals surface area contributed by atoms with E-state index in [-0.39, 0.29) is 18.3 Å². The van der Waals surface area contributed by atoms with E-state index in [1.807, 2.05) is 32.0 Å². The van der Waals surface area contributed by atoms with Gasteiger partial charge in [0.25, 0.3) is 5.91 Å². The molecule has 0 aromatic heterocycles. The smallest absolute Gasteiger partial charge is 0.277 e. The Hall–Kier alpha value is -2.09. The van der Waals surface area contributed by atoms with Crippen LogP contribution >= 0.6 is 22.6 Å². The van der Waals surface area contributed by atoms with Crippen LogP contribution in [0.15, 0.2) is 41.5 Å². The Morgan fingerprint density at radius 3 is 2.70 bits per heavy atom. The number of benzene rings is 2. The second-order valence-electron chi connectivity index (χ2n) is 5.01. The Labute approximate surface area is 148 Å². The zero-order valence-corrected chi connectivity index (χ0v) is 15.0. The summed E-state index contributed by atoms with van der Waals surface area (Å²) in [7, 11) is 0. The Morgan fingerprint density at radius 1 is 1.30 bits per heavy atom. The van der Waals surface area contributed by atoms with E-state index in [4.69, 9.17) is 4.74 Å². The van der Waals surface area contributed by atoms with E-state index < -0.39 is 0 Å². The Morgan fingerprint density at radius 2 is 2.00 bits per heavy atom. The minimum Gasteiger partial charge on any atom is -0.507 e. The lowest BCUT2D eigenvalue weighted by atomic mass is 10.1. The van der Waals surface area contributed by atoms with Gasteiger partial charge in [-0.25, -0.2) is 5.43 Å². The fraction of sp³-hybridized carbons (Fsp3) is 0.176. The number of carbonyl (C=O) groups excluding carboxylic acids is 1. The predicted octanol–water partition coefficient (Wildman–Crippen LogP) is 3.14. The number of aryl methyl sites for hydroxylation is 2. The molecule has 0 heterocycles. The van der Waals surface area contributed by atoms with Crippen LogP contribution in [0.4, 0.5) is 0 Å². The van der Waals surface area contributed by atoms with Gasteiger partial charge in [0.05, 0.1) is 6.21 Å². The minimum absolute atomic E-state index is 0.107. The number of phenolic OH excluding ortho intramolecular Hbond substituents is 1. The number of phenols is 1. The number of hydrogen-bond acceptors (Lipinski definition) is 4. The molecule has 1 amide bonds. The van der Waals surface area contributed by atoms with E-state index >= 15 is 0 Å². The molecular formula is C17H17IN2O3. The normalized spacial score (nSPS) is 10.7. The van der Waals surface area contributed by atoms with Gasteiger partial charge < -0.3 is 9.84 Å². The lowest BCUT2D eigenvalue weighted by Crippen LogP contribution is -2.25. The summed E-state index contributed by atoms with van der Waals surface area (Å²) >= 11 is 2.13. The Balaban J connectivity index is 1.90. The lowest BCUT2D eigenvalue weighted by molar-refractivity contribution is -0.123. The average molecular weight is 424 g/mol. The number of aromatic hydroxyl groups is 1. The number of amides is 1. The molecule has 0 saturated carbocycles. The zero-order valence-electron chi connectivity index (χ0n) is 12.8. The molecule has 2 rings (SSSR count). The molecule has 2 aromatic carbocycles. The zero-order chi connectivity index (χ0) is 16.8. The van der Waals surface area contributed by atoms with Crippen molar-refractivity contribution in [1.82, 2.24) is 5.43 Å². The van der Waals surface area contributed by atoms with E-state index in [0.29, 0.717) is 11.3 Å². The third-order valence-corrected chi connectivity index (χ3v) is 3.81. The largest absolute Gasteiger partial charge is 0.507 e. The molecule has 0 saturated heterocycles. The molecule has 5 nitrogen and oxygen atoms in total. The first kappa shape index (κ1) is 17.3. The van der Waals surface area contributed by atoms with Crippen molar-refractivity contribution >= 4 is 34.7 Å². The van der Waals surface area contributed by atoms with Gasteiger partial charge in [0.15, 0.2) is 6.61 Å². The van der Waals surface area contributed by atoms with Crippen molar-refractivity contribution in [3.05, 3.63) is 56.7 Å². The van der Waals surface area contributed by atoms with E-state index in [9.17, 15) is 9.90 Å². The fourth-order valence-corrected chi connectivity index (χ4v) is 2.51. The highest BCUT2D eigenvalue weighted by atomic mass is 127. The number of nitrogens with one attached hydrogen (secondary N) is 1. The molecule has 0 aliphatic rings. The maximum absolute atomic E-state index is 11.8. The van der Waals surface area contributed by atoms with E-state index in [2.05, 4.69) is 33.1 Å². The number of para-hydroxylation sites is 1. The van der Waals surface area contributed by atoms with Crippen LogP contribution in [0, 0.1) is 17.4 Å². The molecule has 0 spiro atoms. The number of rotatable bonds is 5. The molecule has 0 bridgehead atoms. The molecular weight excluding hydrogens is 407 g/mol. The summed E-state index contributed by atoms with van der Waals surface area (Å²) in [6, 6.07) is 10.9. The highest BCUT2D eigenvalue weighted by molar-refractivity contribution is 14.1. The number of ether oxygens (including phenoxy) is 1. The summed E-state index contributed by atoms with van der Waals surface area (Å²) in [6.07, 6.45) is 1.40. The summed E-state index contributed by atoms with van der Waals surface area (Å²) in [4.78, 5) is 11.8. The van der Waals surface area contributed by atoms with Crippen molar-refractivity contribution in [2.75, 3.05) is 6.61 Å². The van der Waals surface area contributed by atoms with Crippen molar-refractivity contribution in [2.45, 2.75) is 13.8 Å². The van der Waals surface area contributed by atoms with Crippen LogP contribution in [0.3, 0.4) is 0 Å². The summed E-state index contributed by atoms with van der Waals surface area (Å²) in [5.41, 5.74) is 4.87. The molecule has 0 aliphatic heterocycles. The maximum Gasteiger partial charge on any atom is 0.277 e. The lowest BCUT2D eigenvalue weighted by Gasteiger charge is -2.10. The highest BCUT2D eigenvalue weighted by Gasteiger charge is 2.06. The van der Waals surface area contributed by atoms with E-state index in [1.165, 1.54) is 6.21 Å². The SMILES string of the molecule is Cc1cccc(C)c1OCC(=O)N/N=C/c1cc(I)ccc1O. The van der Waals surface area contributed by atoms with Crippen LogP contribution in [0.25, 0.3) is 0 Å². The number of nitrogens with zero attached hydrogens (tertiary/aromatic N) is 1. The Kier molecular flexibility index (Phi) is 5.97. The van der Waals surface area contributed by atoms with Crippen molar-refractivity contribution in [2.24, 2.45) is 5.10 Å². The maximum atomic E-state index is 11.8. The van der Waals surface area contributed by atoms with Crippen molar-refractivity contribution in [1.29, 1.82) is 0 Å². The second-order valence-corrected chi connectivity index (χ2v) is 6.25. The van der Waals surface area contributed by atoms with Crippen LogP contribution in [-0.4, -0.2) is 23.8 Å². The monoisotopic (exact) mass is 424 g/mol. The van der Waals surface area contributed by atoms with Crippen LogP contribution in [0.5, 0.6) is 11.5 Å². The van der Waals surface area contributed by atoms with Gasteiger partial charge >= 0.3 is 0 Å². The summed E-state index contributed by atoms with van der Waals surface area (Å²) in [5, 5.41) is 13.5. The van der Waals surface area contributed by atoms with Gasteiger partial charge in [0.1, 0.15) is 11.5 Å². The summed E-state index contributed by atoms with van der Waals surface area (Å²) < 4.78 is 6.50. The average Bonchev–Trinajstić information content (AvgIpc) is 2.50. The van der Waals surface area contributed by atoms with Gasteiger partial charge in [-0.05, 0) is 65.8 Å². The van der Waals surface area contributed by atoms with Crippen LogP contribution in [0.2, 0.25) is 0 Å². The number of halogens is 1. The van der Waals surface area contributed by atoms with Crippen LogP contribution in [-0.2, 0) is 4.79 Å². The molecule has 23 heavy (non-hydrogen) atoms. The summed E-state index contributed by atoms with van der Waals surface area (Å²) in [6.45, 7) is 3.73. The molecule has 6 heteroatoms. The molecule has 0 atom stereocenters. The van der Waals surface area contributed by atoms with Crippen LogP contribution < -0.4 is 10.2 Å². The predicted molar refractivity (Wildman–Crippen MR) is 98.0 cm³/mol. The molecule has 0 fully saturated rings. The second kappa shape index (κ2) is 7.96. The van der Waals surface area contributed by atoms with Gasteiger partial charge in [0, 0.05) is 9.13 Å². The van der Waals surface area contributed by atoms with Gasteiger partial charge in [-0.2, -0.15) is 5.10 Å².